The summed E-state index contributed by atoms with van der Waals surface area (Å²) in [5.74, 6) is 2.22. The van der Waals surface area contributed by atoms with E-state index in [1.165, 1.54) is 39.0 Å². The second kappa shape index (κ2) is 8.79. The molecule has 2 nitrogen and oxygen atoms in total. The second-order valence-corrected chi connectivity index (χ2v) is 8.01. The molecule has 1 atom stereocenters. The van der Waals surface area contributed by atoms with Crippen LogP contribution in [-0.2, 0) is 12.8 Å². The van der Waals surface area contributed by atoms with Gasteiger partial charge in [-0.15, -0.1) is 0 Å². The molecule has 4 rings (SSSR count). The van der Waals surface area contributed by atoms with Gasteiger partial charge in [0.05, 0.1) is 14.2 Å². The Labute approximate surface area is 180 Å². The lowest BCUT2D eigenvalue weighted by Crippen LogP contribution is -2.16. The summed E-state index contributed by atoms with van der Waals surface area (Å²) in [5.41, 5.74) is 9.82. The van der Waals surface area contributed by atoms with E-state index in [2.05, 4.69) is 80.6 Å². The Morgan fingerprint density at radius 2 is 1.57 bits per heavy atom. The predicted octanol–water partition coefficient (Wildman–Crippen LogP) is 6.76. The summed E-state index contributed by atoms with van der Waals surface area (Å²) >= 11 is 0. The lowest BCUT2D eigenvalue weighted by molar-refractivity contribution is 0.414. The van der Waals surface area contributed by atoms with Crippen LogP contribution in [0.5, 0.6) is 11.5 Å². The number of hydrogen-bond acceptors (Lipinski definition) is 2. The van der Waals surface area contributed by atoms with Gasteiger partial charge in [-0.3, -0.25) is 0 Å². The molecule has 1 aliphatic rings. The SMILES string of the molecule is CCC1=C(Cc2ccccc2C)c2cc(OC)ccc2CC1c1ccc(OC)cc1. The second-order valence-electron chi connectivity index (χ2n) is 8.01. The van der Waals surface area contributed by atoms with Crippen LogP contribution in [0, 0.1) is 6.92 Å². The molecule has 2 heteroatoms. The zero-order valence-corrected chi connectivity index (χ0v) is 18.4. The Kier molecular flexibility index (Phi) is 5.94. The summed E-state index contributed by atoms with van der Waals surface area (Å²) < 4.78 is 11.0. The van der Waals surface area contributed by atoms with Crippen LogP contribution >= 0.6 is 0 Å². The molecule has 0 saturated carbocycles. The van der Waals surface area contributed by atoms with Crippen molar-refractivity contribution >= 4 is 5.57 Å². The van der Waals surface area contributed by atoms with E-state index >= 15 is 0 Å². The Morgan fingerprint density at radius 3 is 2.23 bits per heavy atom. The normalized spacial score (nSPS) is 15.7. The van der Waals surface area contributed by atoms with Gasteiger partial charge in [-0.2, -0.15) is 0 Å². The molecular weight excluding hydrogens is 368 g/mol. The fraction of sp³-hybridized carbons (Fsp3) is 0.286. The molecule has 3 aromatic rings. The summed E-state index contributed by atoms with van der Waals surface area (Å²) in [5, 5.41) is 0. The van der Waals surface area contributed by atoms with E-state index in [0.29, 0.717) is 5.92 Å². The van der Waals surface area contributed by atoms with Crippen LogP contribution in [0.15, 0.2) is 72.3 Å². The fourth-order valence-electron chi connectivity index (χ4n) is 4.69. The monoisotopic (exact) mass is 398 g/mol. The van der Waals surface area contributed by atoms with Gasteiger partial charge >= 0.3 is 0 Å². The molecule has 3 aromatic carbocycles. The highest BCUT2D eigenvalue weighted by atomic mass is 16.5. The molecule has 0 saturated heterocycles. The zero-order chi connectivity index (χ0) is 21.1. The molecule has 0 amide bonds. The molecule has 0 aliphatic heterocycles. The fourth-order valence-corrected chi connectivity index (χ4v) is 4.69. The number of allylic oxidation sites excluding steroid dienone is 2. The van der Waals surface area contributed by atoms with E-state index in [-0.39, 0.29) is 0 Å². The number of aryl methyl sites for hydroxylation is 1. The summed E-state index contributed by atoms with van der Waals surface area (Å²) in [6, 6.07) is 23.9. The average Bonchev–Trinajstić information content (AvgIpc) is 2.80. The van der Waals surface area contributed by atoms with Crippen LogP contribution < -0.4 is 9.47 Å². The number of rotatable bonds is 6. The third-order valence-corrected chi connectivity index (χ3v) is 6.40. The number of benzene rings is 3. The number of methoxy groups -OCH3 is 2. The van der Waals surface area contributed by atoms with Gasteiger partial charge in [-0.25, -0.2) is 0 Å². The van der Waals surface area contributed by atoms with Crippen molar-refractivity contribution in [2.24, 2.45) is 0 Å². The van der Waals surface area contributed by atoms with Crippen molar-refractivity contribution in [3.05, 3.63) is 100 Å². The Hall–Kier alpha value is -3.00. The molecule has 1 unspecified atom stereocenters. The molecule has 154 valence electrons. The number of ether oxygens (including phenoxy) is 2. The van der Waals surface area contributed by atoms with Crippen LogP contribution in [0.4, 0.5) is 0 Å². The van der Waals surface area contributed by atoms with E-state index in [1.807, 2.05) is 0 Å². The minimum absolute atomic E-state index is 0.390. The van der Waals surface area contributed by atoms with Crippen molar-refractivity contribution in [2.45, 2.75) is 39.0 Å². The van der Waals surface area contributed by atoms with E-state index < -0.39 is 0 Å². The van der Waals surface area contributed by atoms with Gasteiger partial charge in [0.2, 0.25) is 0 Å². The van der Waals surface area contributed by atoms with Crippen LogP contribution in [0.1, 0.15) is 47.1 Å². The predicted molar refractivity (Wildman–Crippen MR) is 125 cm³/mol. The standard InChI is InChI=1S/C28H30O2/c1-5-25-26(20-10-13-23(29-3)14-11-20)17-22-12-15-24(30-4)18-27(22)28(25)16-21-9-7-6-8-19(21)2/h6-15,18,26H,5,16-17H2,1-4H3. The average molecular weight is 399 g/mol. The van der Waals surface area contributed by atoms with Gasteiger partial charge in [0.15, 0.2) is 0 Å². The minimum atomic E-state index is 0.390. The van der Waals surface area contributed by atoms with Gasteiger partial charge in [-0.05, 0) is 83.8 Å². The maximum Gasteiger partial charge on any atom is 0.119 e. The highest BCUT2D eigenvalue weighted by molar-refractivity contribution is 5.77. The van der Waals surface area contributed by atoms with Crippen molar-refractivity contribution < 1.29 is 9.47 Å². The Bertz CT molecular complexity index is 1060. The first-order valence-corrected chi connectivity index (χ1v) is 10.7. The van der Waals surface area contributed by atoms with Gasteiger partial charge in [0.1, 0.15) is 11.5 Å². The summed E-state index contributed by atoms with van der Waals surface area (Å²) in [4.78, 5) is 0. The lowest BCUT2D eigenvalue weighted by Gasteiger charge is -2.32. The molecule has 0 heterocycles. The molecule has 0 spiro atoms. The number of fused-ring (bicyclic) bond motifs is 1. The van der Waals surface area contributed by atoms with Gasteiger partial charge in [-0.1, -0.05) is 55.0 Å². The third-order valence-electron chi connectivity index (χ3n) is 6.40. The van der Waals surface area contributed by atoms with Crippen LogP contribution in [0.25, 0.3) is 5.57 Å². The summed E-state index contributed by atoms with van der Waals surface area (Å²) in [6.45, 7) is 4.49. The highest BCUT2D eigenvalue weighted by Gasteiger charge is 2.28. The van der Waals surface area contributed by atoms with Crippen molar-refractivity contribution in [3.8, 4) is 11.5 Å². The Balaban J connectivity index is 1.86. The van der Waals surface area contributed by atoms with Crippen molar-refractivity contribution in [2.75, 3.05) is 14.2 Å². The van der Waals surface area contributed by atoms with Crippen molar-refractivity contribution in [3.63, 3.8) is 0 Å². The molecule has 0 radical (unpaired) electrons. The molecule has 0 aromatic heterocycles. The van der Waals surface area contributed by atoms with Gasteiger partial charge in [0, 0.05) is 5.92 Å². The molecule has 0 bridgehead atoms. The highest BCUT2D eigenvalue weighted by Crippen LogP contribution is 2.44. The largest absolute Gasteiger partial charge is 0.497 e. The topological polar surface area (TPSA) is 18.5 Å². The summed E-state index contributed by atoms with van der Waals surface area (Å²) in [7, 11) is 3.47. The first-order chi connectivity index (χ1) is 14.6. The third kappa shape index (κ3) is 3.87. The molecule has 30 heavy (non-hydrogen) atoms. The molecular formula is C28H30O2. The first kappa shape index (κ1) is 20.3. The molecule has 0 fully saturated rings. The van der Waals surface area contributed by atoms with E-state index in [9.17, 15) is 0 Å². The summed E-state index contributed by atoms with van der Waals surface area (Å²) in [6.07, 6.45) is 3.00. The quantitative estimate of drug-likeness (QED) is 0.457. The van der Waals surface area contributed by atoms with E-state index in [1.54, 1.807) is 14.2 Å². The zero-order valence-electron chi connectivity index (χ0n) is 18.4. The maximum atomic E-state index is 5.57. The van der Waals surface area contributed by atoms with Crippen molar-refractivity contribution in [1.82, 2.24) is 0 Å². The minimum Gasteiger partial charge on any atom is -0.497 e. The van der Waals surface area contributed by atoms with Gasteiger partial charge < -0.3 is 9.47 Å². The first-order valence-electron chi connectivity index (χ1n) is 10.7. The number of hydrogen-bond donors (Lipinski definition) is 0. The Morgan fingerprint density at radius 1 is 0.867 bits per heavy atom. The van der Waals surface area contributed by atoms with Gasteiger partial charge in [0.25, 0.3) is 0 Å². The van der Waals surface area contributed by atoms with Crippen LogP contribution in [-0.4, -0.2) is 14.2 Å². The maximum absolute atomic E-state index is 5.57. The molecule has 1 aliphatic carbocycles. The van der Waals surface area contributed by atoms with Crippen LogP contribution in [0.3, 0.4) is 0 Å². The van der Waals surface area contributed by atoms with E-state index in [0.717, 1.165) is 30.8 Å². The van der Waals surface area contributed by atoms with Crippen LogP contribution in [0.2, 0.25) is 0 Å². The lowest BCUT2D eigenvalue weighted by atomic mass is 9.73. The smallest absolute Gasteiger partial charge is 0.119 e. The molecule has 0 N–H and O–H groups in total. The van der Waals surface area contributed by atoms with Crippen molar-refractivity contribution in [1.29, 1.82) is 0 Å². The van der Waals surface area contributed by atoms with E-state index in [4.69, 9.17) is 9.47 Å².